The largest absolute Gasteiger partial charge is 0.497 e. The van der Waals surface area contributed by atoms with Crippen molar-refractivity contribution in [1.82, 2.24) is 4.31 Å². The Labute approximate surface area is 110 Å². The molecule has 0 saturated carbocycles. The Morgan fingerprint density at radius 1 is 1.22 bits per heavy atom. The molecule has 1 aromatic rings. The molecule has 1 atom stereocenters. The maximum Gasteiger partial charge on any atom is 0.128 e. The second-order valence-corrected chi connectivity index (χ2v) is 5.80. The van der Waals surface area contributed by atoms with Crippen molar-refractivity contribution >= 4 is 11.0 Å². The summed E-state index contributed by atoms with van der Waals surface area (Å²) in [5, 5.41) is 0. The van der Waals surface area contributed by atoms with Crippen LogP contribution in [0.1, 0.15) is 11.1 Å². The van der Waals surface area contributed by atoms with Crippen LogP contribution in [0.3, 0.4) is 0 Å². The van der Waals surface area contributed by atoms with E-state index in [1.807, 2.05) is 30.3 Å². The van der Waals surface area contributed by atoms with Crippen LogP contribution in [0, 0.1) is 13.8 Å². The number of hydrogen-bond donors (Lipinski definition) is 0. The fraction of sp³-hybridized carbons (Fsp3) is 0.538. The number of hydrogen-bond acceptors (Lipinski definition) is 3. The average molecular weight is 269 g/mol. The van der Waals surface area contributed by atoms with Gasteiger partial charge >= 0.3 is 0 Å². The quantitative estimate of drug-likeness (QED) is 0.838. The SMILES string of the molecule is COc1cc(C)c(S(=O)N2CCOCC2)c(C)c1. The zero-order chi connectivity index (χ0) is 13.1. The van der Waals surface area contributed by atoms with Crippen molar-refractivity contribution in [2.24, 2.45) is 0 Å². The van der Waals surface area contributed by atoms with E-state index in [-0.39, 0.29) is 0 Å². The summed E-state index contributed by atoms with van der Waals surface area (Å²) in [5.74, 6) is 0.813. The van der Waals surface area contributed by atoms with E-state index in [2.05, 4.69) is 0 Å². The van der Waals surface area contributed by atoms with Gasteiger partial charge in [0.15, 0.2) is 0 Å². The topological polar surface area (TPSA) is 38.8 Å². The summed E-state index contributed by atoms with van der Waals surface area (Å²) in [5.41, 5.74) is 2.02. The van der Waals surface area contributed by atoms with E-state index in [4.69, 9.17) is 9.47 Å². The van der Waals surface area contributed by atoms with E-state index >= 15 is 0 Å². The van der Waals surface area contributed by atoms with Crippen molar-refractivity contribution in [2.75, 3.05) is 33.4 Å². The Morgan fingerprint density at radius 3 is 2.28 bits per heavy atom. The highest BCUT2D eigenvalue weighted by Gasteiger charge is 2.21. The molecule has 0 radical (unpaired) electrons. The molecule has 1 saturated heterocycles. The van der Waals surface area contributed by atoms with Gasteiger partial charge in [0.2, 0.25) is 0 Å². The number of aryl methyl sites for hydroxylation is 2. The van der Waals surface area contributed by atoms with Gasteiger partial charge in [-0.2, -0.15) is 0 Å². The lowest BCUT2D eigenvalue weighted by molar-refractivity contribution is 0.0752. The zero-order valence-corrected chi connectivity index (χ0v) is 11.9. The van der Waals surface area contributed by atoms with Crippen LogP contribution in [0.4, 0.5) is 0 Å². The highest BCUT2D eigenvalue weighted by Crippen LogP contribution is 2.26. The summed E-state index contributed by atoms with van der Waals surface area (Å²) in [7, 11) is 0.540. The number of ether oxygens (including phenoxy) is 2. The van der Waals surface area contributed by atoms with E-state index in [1.54, 1.807) is 7.11 Å². The third kappa shape index (κ3) is 2.74. The Balaban J connectivity index is 2.29. The average Bonchev–Trinajstić information content (AvgIpc) is 2.38. The van der Waals surface area contributed by atoms with Crippen LogP contribution in [-0.4, -0.2) is 41.9 Å². The summed E-state index contributed by atoms with van der Waals surface area (Å²) in [4.78, 5) is 0.901. The molecule has 0 aromatic heterocycles. The molecule has 100 valence electrons. The molecule has 1 aromatic carbocycles. The number of benzene rings is 1. The molecule has 2 rings (SSSR count). The molecule has 1 aliphatic heterocycles. The van der Waals surface area contributed by atoms with Crippen LogP contribution >= 0.6 is 0 Å². The standard InChI is InChI=1S/C13H19NO3S/c1-10-8-12(16-3)9-11(2)13(10)18(15)14-4-6-17-7-5-14/h8-9H,4-7H2,1-3H3. The Hall–Kier alpha value is -0.910. The molecule has 1 aliphatic rings. The number of methoxy groups -OCH3 is 1. The molecule has 18 heavy (non-hydrogen) atoms. The van der Waals surface area contributed by atoms with E-state index in [0.717, 1.165) is 34.9 Å². The van der Waals surface area contributed by atoms with Crippen molar-refractivity contribution in [3.63, 3.8) is 0 Å². The van der Waals surface area contributed by atoms with Gasteiger partial charge in [-0.3, -0.25) is 0 Å². The highest BCUT2D eigenvalue weighted by molar-refractivity contribution is 7.82. The van der Waals surface area contributed by atoms with E-state index in [9.17, 15) is 4.21 Å². The monoisotopic (exact) mass is 269 g/mol. The molecule has 0 aliphatic carbocycles. The summed E-state index contributed by atoms with van der Waals surface area (Å²) in [6.45, 7) is 6.70. The van der Waals surface area contributed by atoms with Gasteiger partial charge < -0.3 is 9.47 Å². The molecule has 4 nitrogen and oxygen atoms in total. The fourth-order valence-corrected chi connectivity index (χ4v) is 3.55. The summed E-state index contributed by atoms with van der Waals surface area (Å²) < 4.78 is 25.1. The second-order valence-electron chi connectivity index (χ2n) is 4.38. The molecule has 0 N–H and O–H groups in total. The van der Waals surface area contributed by atoms with Crippen LogP contribution in [-0.2, 0) is 15.7 Å². The van der Waals surface area contributed by atoms with Crippen molar-refractivity contribution in [3.05, 3.63) is 23.3 Å². The van der Waals surface area contributed by atoms with Crippen LogP contribution in [0.2, 0.25) is 0 Å². The van der Waals surface area contributed by atoms with Gasteiger partial charge in [-0.25, -0.2) is 8.51 Å². The smallest absolute Gasteiger partial charge is 0.128 e. The lowest BCUT2D eigenvalue weighted by Crippen LogP contribution is -2.37. The van der Waals surface area contributed by atoms with Gasteiger partial charge in [-0.05, 0) is 37.1 Å². The molecule has 1 heterocycles. The van der Waals surface area contributed by atoms with Crippen LogP contribution in [0.15, 0.2) is 17.0 Å². The Kier molecular flexibility index (Phi) is 4.37. The minimum atomic E-state index is -1.11. The van der Waals surface area contributed by atoms with E-state index in [0.29, 0.717) is 13.2 Å². The molecule has 1 unspecified atom stereocenters. The van der Waals surface area contributed by atoms with Crippen molar-refractivity contribution in [1.29, 1.82) is 0 Å². The lowest BCUT2D eigenvalue weighted by atomic mass is 10.1. The summed E-state index contributed by atoms with van der Waals surface area (Å²) >= 11 is 0. The Bertz CT molecular complexity index is 433. The van der Waals surface area contributed by atoms with Gasteiger partial charge in [-0.15, -0.1) is 0 Å². The van der Waals surface area contributed by atoms with E-state index < -0.39 is 11.0 Å². The summed E-state index contributed by atoms with van der Waals surface area (Å²) in [6.07, 6.45) is 0. The fourth-order valence-electron chi connectivity index (χ4n) is 2.15. The lowest BCUT2D eigenvalue weighted by Gasteiger charge is -2.26. The first-order valence-electron chi connectivity index (χ1n) is 6.03. The minimum absolute atomic E-state index is 0.653. The zero-order valence-electron chi connectivity index (χ0n) is 11.1. The van der Waals surface area contributed by atoms with Gasteiger partial charge in [0.25, 0.3) is 0 Å². The van der Waals surface area contributed by atoms with Crippen molar-refractivity contribution < 1.29 is 13.7 Å². The predicted octanol–water partition coefficient (Wildman–Crippen LogP) is 1.67. The third-order valence-electron chi connectivity index (χ3n) is 3.05. The van der Waals surface area contributed by atoms with Crippen LogP contribution in [0.5, 0.6) is 5.75 Å². The maximum atomic E-state index is 12.6. The third-order valence-corrected chi connectivity index (χ3v) is 4.88. The molecule has 0 amide bonds. The second kappa shape index (κ2) is 5.82. The van der Waals surface area contributed by atoms with Gasteiger partial charge in [0, 0.05) is 13.1 Å². The van der Waals surface area contributed by atoms with Gasteiger partial charge in [0.1, 0.15) is 16.7 Å². The number of nitrogens with zero attached hydrogens (tertiary/aromatic N) is 1. The number of morpholine rings is 1. The number of rotatable bonds is 3. The normalized spacial score (nSPS) is 18.6. The van der Waals surface area contributed by atoms with Crippen molar-refractivity contribution in [2.45, 2.75) is 18.7 Å². The highest BCUT2D eigenvalue weighted by atomic mass is 32.2. The molecular weight excluding hydrogens is 250 g/mol. The molecule has 0 bridgehead atoms. The van der Waals surface area contributed by atoms with Crippen LogP contribution < -0.4 is 4.74 Å². The minimum Gasteiger partial charge on any atom is -0.497 e. The van der Waals surface area contributed by atoms with Crippen LogP contribution in [0.25, 0.3) is 0 Å². The molecule has 0 spiro atoms. The van der Waals surface area contributed by atoms with Crippen molar-refractivity contribution in [3.8, 4) is 5.75 Å². The molecular formula is C13H19NO3S. The predicted molar refractivity (Wildman–Crippen MR) is 71.3 cm³/mol. The summed E-state index contributed by atoms with van der Waals surface area (Å²) in [6, 6.07) is 3.86. The molecule has 1 fully saturated rings. The van der Waals surface area contributed by atoms with Gasteiger partial charge in [-0.1, -0.05) is 0 Å². The van der Waals surface area contributed by atoms with Gasteiger partial charge in [0.05, 0.1) is 25.2 Å². The molecule has 5 heteroatoms. The van der Waals surface area contributed by atoms with E-state index in [1.165, 1.54) is 0 Å². The Morgan fingerprint density at radius 2 is 1.78 bits per heavy atom. The first-order chi connectivity index (χ1) is 8.63. The first-order valence-corrected chi connectivity index (χ1v) is 7.14. The maximum absolute atomic E-state index is 12.6. The first kappa shape index (κ1) is 13.5.